The van der Waals surface area contributed by atoms with Crippen molar-refractivity contribution >= 4 is 6.47 Å². The van der Waals surface area contributed by atoms with E-state index in [1.807, 2.05) is 34.6 Å². The predicted octanol–water partition coefficient (Wildman–Crippen LogP) is 2.05. The fourth-order valence-electron chi connectivity index (χ4n) is 1.93. The lowest BCUT2D eigenvalue weighted by Crippen LogP contribution is -2.66. The van der Waals surface area contributed by atoms with Gasteiger partial charge in [0.1, 0.15) is 11.1 Å². The number of likely N-dealkylation sites (N-methyl/N-ethyl adjacent to an activating group) is 1. The summed E-state index contributed by atoms with van der Waals surface area (Å²) in [6.07, 6.45) is 0.129. The lowest BCUT2D eigenvalue weighted by atomic mass is 9.84. The molecule has 0 unspecified atom stereocenters. The quantitative estimate of drug-likeness (QED) is 0.777. The molecule has 1 saturated heterocycles. The molecule has 0 amide bonds. The second kappa shape index (κ2) is 10.1. The van der Waals surface area contributed by atoms with Crippen LogP contribution in [0.1, 0.15) is 47.5 Å². The summed E-state index contributed by atoms with van der Waals surface area (Å²) in [4.78, 5) is 10.9. The first-order valence-electron chi connectivity index (χ1n) is 7.48. The smallest absolute Gasteiger partial charge is 0.293 e. The molecule has 0 saturated carbocycles. The van der Waals surface area contributed by atoms with Gasteiger partial charge in [0.15, 0.2) is 0 Å². The lowest BCUT2D eigenvalue weighted by molar-refractivity contribution is -0.197. The molecule has 0 aliphatic carbocycles. The molecule has 0 bridgehead atoms. The first kappa shape index (κ1) is 23.5. The molecule has 0 aromatic carbocycles. The molecule has 7 heteroatoms. The Kier molecular flexibility index (Phi) is 10.7. The normalized spacial score (nSPS) is 19.9. The number of alkyl halides is 2. The summed E-state index contributed by atoms with van der Waals surface area (Å²) in [7, 11) is 1.50. The fraction of sp³-hybridized carbons (Fsp3) is 0.933. The van der Waals surface area contributed by atoms with Crippen LogP contribution >= 0.6 is 0 Å². The molecule has 1 aliphatic rings. The Morgan fingerprint density at radius 2 is 1.68 bits per heavy atom. The molecule has 1 rings (SSSR count). The Balaban J connectivity index is 0. The molecular weight excluding hydrogens is 296 g/mol. The van der Waals surface area contributed by atoms with E-state index in [0.29, 0.717) is 19.4 Å². The van der Waals surface area contributed by atoms with Gasteiger partial charge >= 0.3 is 0 Å². The highest BCUT2D eigenvalue weighted by molar-refractivity contribution is 5.37. The van der Waals surface area contributed by atoms with Gasteiger partial charge < -0.3 is 14.9 Å². The summed E-state index contributed by atoms with van der Waals surface area (Å²) in [6.45, 7) is 8.97. The molecule has 2 N–H and O–H groups in total. The van der Waals surface area contributed by atoms with Gasteiger partial charge in [0.05, 0.1) is 13.2 Å². The maximum Gasteiger partial charge on any atom is 0.293 e. The van der Waals surface area contributed by atoms with E-state index in [1.165, 1.54) is 11.9 Å². The van der Waals surface area contributed by atoms with Gasteiger partial charge in [-0.25, -0.2) is 8.78 Å². The van der Waals surface area contributed by atoms with Gasteiger partial charge in [0.25, 0.3) is 12.4 Å². The van der Waals surface area contributed by atoms with Crippen molar-refractivity contribution in [1.82, 2.24) is 4.90 Å². The zero-order valence-electron chi connectivity index (χ0n) is 14.5. The number of aliphatic hydroxyl groups excluding tert-OH is 2. The number of ether oxygens (including phenoxy) is 1. The van der Waals surface area contributed by atoms with Crippen molar-refractivity contribution in [3.63, 3.8) is 0 Å². The van der Waals surface area contributed by atoms with Crippen molar-refractivity contribution in [3.05, 3.63) is 0 Å². The number of halogens is 2. The summed E-state index contributed by atoms with van der Waals surface area (Å²) >= 11 is 0. The SMILES string of the molecule is CC.CC(C)(C)OC=O.CN1CCCC(F)(F)C1(CO)CO. The van der Waals surface area contributed by atoms with E-state index in [4.69, 9.17) is 10.2 Å². The van der Waals surface area contributed by atoms with Crippen molar-refractivity contribution in [2.24, 2.45) is 0 Å². The summed E-state index contributed by atoms with van der Waals surface area (Å²) < 4.78 is 31.4. The van der Waals surface area contributed by atoms with Crippen LogP contribution < -0.4 is 0 Å². The lowest BCUT2D eigenvalue weighted by Gasteiger charge is -2.47. The number of hydrogen-bond donors (Lipinski definition) is 2. The molecule has 0 radical (unpaired) electrons. The van der Waals surface area contributed by atoms with E-state index in [2.05, 4.69) is 4.74 Å². The summed E-state index contributed by atoms with van der Waals surface area (Å²) in [5.74, 6) is -3.01. The van der Waals surface area contributed by atoms with E-state index in [-0.39, 0.29) is 12.0 Å². The van der Waals surface area contributed by atoms with Crippen molar-refractivity contribution in [3.8, 4) is 0 Å². The number of likely N-dealkylation sites (tertiary alicyclic amines) is 1. The van der Waals surface area contributed by atoms with Crippen LogP contribution in [0.3, 0.4) is 0 Å². The van der Waals surface area contributed by atoms with Gasteiger partial charge in [0.2, 0.25) is 0 Å². The highest BCUT2D eigenvalue weighted by Gasteiger charge is 2.57. The molecular formula is C15H31F2NO4. The third-order valence-electron chi connectivity index (χ3n) is 3.32. The maximum atomic E-state index is 13.4. The van der Waals surface area contributed by atoms with Gasteiger partial charge in [-0.3, -0.25) is 9.69 Å². The van der Waals surface area contributed by atoms with Crippen LogP contribution in [-0.4, -0.2) is 65.5 Å². The summed E-state index contributed by atoms with van der Waals surface area (Å²) in [6, 6.07) is 0. The average Bonchev–Trinajstić information content (AvgIpc) is 2.41. The van der Waals surface area contributed by atoms with E-state index < -0.39 is 24.7 Å². The number of nitrogens with zero attached hydrogens (tertiary/aromatic N) is 1. The summed E-state index contributed by atoms with van der Waals surface area (Å²) in [5.41, 5.74) is -2.09. The van der Waals surface area contributed by atoms with E-state index in [1.54, 1.807) is 0 Å². The minimum atomic E-state index is -3.01. The Hall–Kier alpha value is -0.790. The van der Waals surface area contributed by atoms with Gasteiger partial charge in [0, 0.05) is 6.42 Å². The Morgan fingerprint density at radius 3 is 1.86 bits per heavy atom. The van der Waals surface area contributed by atoms with Crippen LogP contribution in [-0.2, 0) is 9.53 Å². The number of rotatable bonds is 3. The van der Waals surface area contributed by atoms with Crippen molar-refractivity contribution < 1.29 is 28.5 Å². The topological polar surface area (TPSA) is 70.0 Å². The molecule has 1 fully saturated rings. The third kappa shape index (κ3) is 6.54. The molecule has 0 spiro atoms. The molecule has 0 atom stereocenters. The van der Waals surface area contributed by atoms with E-state index >= 15 is 0 Å². The van der Waals surface area contributed by atoms with E-state index in [0.717, 1.165) is 0 Å². The minimum absolute atomic E-state index is 0.265. The molecule has 5 nitrogen and oxygen atoms in total. The minimum Gasteiger partial charge on any atom is -0.462 e. The number of carbonyl (C=O) groups excluding carboxylic acids is 1. The van der Waals surface area contributed by atoms with Gasteiger partial charge in [-0.05, 0) is 40.8 Å². The number of hydrogen-bond acceptors (Lipinski definition) is 5. The van der Waals surface area contributed by atoms with Crippen LogP contribution in [0.5, 0.6) is 0 Å². The van der Waals surface area contributed by atoms with Crippen LogP contribution in [0.4, 0.5) is 8.78 Å². The van der Waals surface area contributed by atoms with Crippen LogP contribution in [0.25, 0.3) is 0 Å². The van der Waals surface area contributed by atoms with Crippen molar-refractivity contribution in [2.45, 2.75) is 64.5 Å². The molecule has 1 heterocycles. The Morgan fingerprint density at radius 1 is 1.23 bits per heavy atom. The fourth-order valence-corrected chi connectivity index (χ4v) is 1.93. The highest BCUT2D eigenvalue weighted by Crippen LogP contribution is 2.40. The first-order chi connectivity index (χ1) is 10.1. The largest absolute Gasteiger partial charge is 0.462 e. The van der Waals surface area contributed by atoms with Crippen LogP contribution in [0, 0.1) is 0 Å². The third-order valence-corrected chi connectivity index (χ3v) is 3.32. The molecule has 0 aromatic rings. The highest BCUT2D eigenvalue weighted by atomic mass is 19.3. The second-order valence-electron chi connectivity index (χ2n) is 5.90. The molecule has 22 heavy (non-hydrogen) atoms. The average molecular weight is 327 g/mol. The molecule has 134 valence electrons. The second-order valence-corrected chi connectivity index (χ2v) is 5.90. The van der Waals surface area contributed by atoms with Crippen molar-refractivity contribution in [2.75, 3.05) is 26.8 Å². The number of carbonyl (C=O) groups is 1. The predicted molar refractivity (Wildman–Crippen MR) is 82.0 cm³/mol. The Labute approximate surface area is 132 Å². The monoisotopic (exact) mass is 327 g/mol. The van der Waals surface area contributed by atoms with Crippen LogP contribution in [0.2, 0.25) is 0 Å². The van der Waals surface area contributed by atoms with Crippen molar-refractivity contribution in [1.29, 1.82) is 0 Å². The summed E-state index contributed by atoms with van der Waals surface area (Å²) in [5, 5.41) is 17.9. The van der Waals surface area contributed by atoms with E-state index in [9.17, 15) is 13.6 Å². The standard InChI is InChI=1S/C8H15F2NO2.C5H10O2.C2H6/c1-11-4-2-3-8(9,10)7(11,5-12)6-13;1-5(2,3)7-4-6;1-2/h12-13H,2-6H2,1H3;4H,1-3H3;1-2H3. The first-order valence-corrected chi connectivity index (χ1v) is 7.48. The van der Waals surface area contributed by atoms with Crippen LogP contribution in [0.15, 0.2) is 0 Å². The van der Waals surface area contributed by atoms with Gasteiger partial charge in [-0.15, -0.1) is 0 Å². The molecule has 1 aliphatic heterocycles. The number of piperidine rings is 1. The maximum absolute atomic E-state index is 13.4. The molecule has 0 aromatic heterocycles. The Bertz CT molecular complexity index is 302. The zero-order valence-corrected chi connectivity index (χ0v) is 14.5. The van der Waals surface area contributed by atoms with Gasteiger partial charge in [-0.2, -0.15) is 0 Å². The van der Waals surface area contributed by atoms with Gasteiger partial charge in [-0.1, -0.05) is 13.8 Å². The number of aliphatic hydroxyl groups is 2. The zero-order chi connectivity index (χ0) is 18.0.